The Balaban J connectivity index is 2.29. The van der Waals surface area contributed by atoms with Gasteiger partial charge >= 0.3 is 0 Å². The van der Waals surface area contributed by atoms with Crippen LogP contribution in [0.4, 0.5) is 0 Å². The summed E-state index contributed by atoms with van der Waals surface area (Å²) < 4.78 is 7.70. The summed E-state index contributed by atoms with van der Waals surface area (Å²) in [5.41, 5.74) is 8.56. The zero-order valence-electron chi connectivity index (χ0n) is 13.2. The van der Waals surface area contributed by atoms with Gasteiger partial charge in [-0.1, -0.05) is 13.8 Å². The summed E-state index contributed by atoms with van der Waals surface area (Å²) in [6.07, 6.45) is 4.44. The zero-order chi connectivity index (χ0) is 14.7. The Kier molecular flexibility index (Phi) is 5.18. The Bertz CT molecular complexity index is 432. The van der Waals surface area contributed by atoms with Gasteiger partial charge in [0.2, 0.25) is 0 Å². The van der Waals surface area contributed by atoms with Crippen LogP contribution in [0.15, 0.2) is 6.20 Å². The van der Waals surface area contributed by atoms with E-state index in [1.54, 1.807) is 0 Å². The van der Waals surface area contributed by atoms with E-state index in [2.05, 4.69) is 37.0 Å². The van der Waals surface area contributed by atoms with E-state index in [0.717, 1.165) is 31.7 Å². The van der Waals surface area contributed by atoms with Crippen LogP contribution in [0.3, 0.4) is 0 Å². The van der Waals surface area contributed by atoms with Crippen molar-refractivity contribution in [1.29, 1.82) is 0 Å². The van der Waals surface area contributed by atoms with Gasteiger partial charge in [-0.2, -0.15) is 5.10 Å². The Labute approximate surface area is 122 Å². The largest absolute Gasteiger partial charge is 0.376 e. The molecule has 0 spiro atoms. The lowest BCUT2D eigenvalue weighted by atomic mass is 10.00. The van der Waals surface area contributed by atoms with Crippen molar-refractivity contribution in [3.8, 4) is 0 Å². The van der Waals surface area contributed by atoms with Crippen molar-refractivity contribution < 1.29 is 4.74 Å². The van der Waals surface area contributed by atoms with Gasteiger partial charge in [0.25, 0.3) is 0 Å². The van der Waals surface area contributed by atoms with E-state index in [-0.39, 0.29) is 12.1 Å². The molecule has 0 bridgehead atoms. The van der Waals surface area contributed by atoms with Crippen molar-refractivity contribution >= 4 is 0 Å². The molecule has 5 nitrogen and oxygen atoms in total. The van der Waals surface area contributed by atoms with Gasteiger partial charge in [0.05, 0.1) is 24.4 Å². The van der Waals surface area contributed by atoms with Crippen molar-refractivity contribution in [3.05, 3.63) is 17.5 Å². The SMILES string of the molecule is CCc1nn(C)cc1C(CN)N1CC(C)OCC1CC. The second kappa shape index (κ2) is 6.70. The van der Waals surface area contributed by atoms with E-state index in [4.69, 9.17) is 10.5 Å². The molecule has 1 fully saturated rings. The first-order chi connectivity index (χ1) is 9.60. The molecule has 2 rings (SSSR count). The molecule has 1 aromatic rings. The Morgan fingerprint density at radius 3 is 2.85 bits per heavy atom. The molecule has 3 atom stereocenters. The van der Waals surface area contributed by atoms with Gasteiger partial charge in [-0.25, -0.2) is 0 Å². The van der Waals surface area contributed by atoms with Crippen LogP contribution < -0.4 is 5.73 Å². The predicted octanol–water partition coefficient (Wildman–Crippen LogP) is 1.48. The molecule has 1 saturated heterocycles. The van der Waals surface area contributed by atoms with Crippen molar-refractivity contribution in [3.63, 3.8) is 0 Å². The highest BCUT2D eigenvalue weighted by Gasteiger charge is 2.33. The molecule has 1 aliphatic rings. The third kappa shape index (κ3) is 3.05. The van der Waals surface area contributed by atoms with Crippen LogP contribution in [-0.4, -0.2) is 46.5 Å². The van der Waals surface area contributed by atoms with E-state index < -0.39 is 0 Å². The van der Waals surface area contributed by atoms with Gasteiger partial charge in [-0.05, 0) is 19.8 Å². The molecule has 1 aromatic heterocycles. The van der Waals surface area contributed by atoms with Crippen molar-refractivity contribution in [1.82, 2.24) is 14.7 Å². The lowest BCUT2D eigenvalue weighted by molar-refractivity contribution is -0.0720. The average molecular weight is 280 g/mol. The minimum absolute atomic E-state index is 0.245. The van der Waals surface area contributed by atoms with Crippen molar-refractivity contribution in [2.75, 3.05) is 19.7 Å². The minimum atomic E-state index is 0.245. The summed E-state index contributed by atoms with van der Waals surface area (Å²) >= 11 is 0. The number of rotatable bonds is 5. The Morgan fingerprint density at radius 2 is 2.25 bits per heavy atom. The number of morpholine rings is 1. The number of aromatic nitrogens is 2. The normalized spacial score (nSPS) is 25.9. The van der Waals surface area contributed by atoms with E-state index in [1.807, 2.05) is 11.7 Å². The molecule has 0 aromatic carbocycles. The lowest BCUT2D eigenvalue weighted by Gasteiger charge is -2.42. The monoisotopic (exact) mass is 280 g/mol. The number of hydrogen-bond acceptors (Lipinski definition) is 4. The summed E-state index contributed by atoms with van der Waals surface area (Å²) in [5.74, 6) is 0. The molecule has 0 radical (unpaired) electrons. The van der Waals surface area contributed by atoms with E-state index in [1.165, 1.54) is 5.56 Å². The van der Waals surface area contributed by atoms with Gasteiger partial charge in [0.15, 0.2) is 0 Å². The quantitative estimate of drug-likeness (QED) is 0.887. The fourth-order valence-electron chi connectivity index (χ4n) is 3.15. The number of nitrogens with zero attached hydrogens (tertiary/aromatic N) is 3. The molecule has 0 aliphatic carbocycles. The number of ether oxygens (including phenoxy) is 1. The predicted molar refractivity (Wildman–Crippen MR) is 80.6 cm³/mol. The van der Waals surface area contributed by atoms with Crippen LogP contribution in [0.1, 0.15) is 44.5 Å². The molecule has 3 unspecified atom stereocenters. The first kappa shape index (κ1) is 15.5. The van der Waals surface area contributed by atoms with Gasteiger partial charge < -0.3 is 10.5 Å². The van der Waals surface area contributed by atoms with Crippen LogP contribution >= 0.6 is 0 Å². The molecule has 114 valence electrons. The van der Waals surface area contributed by atoms with Crippen molar-refractivity contribution in [2.24, 2.45) is 12.8 Å². The van der Waals surface area contributed by atoms with E-state index in [9.17, 15) is 0 Å². The molecule has 20 heavy (non-hydrogen) atoms. The summed E-state index contributed by atoms with van der Waals surface area (Å²) in [6.45, 7) is 8.87. The molecule has 2 heterocycles. The summed E-state index contributed by atoms with van der Waals surface area (Å²) in [4.78, 5) is 2.52. The highest BCUT2D eigenvalue weighted by molar-refractivity contribution is 5.22. The first-order valence-corrected chi connectivity index (χ1v) is 7.70. The number of aryl methyl sites for hydroxylation is 2. The van der Waals surface area contributed by atoms with Crippen LogP contribution in [0.2, 0.25) is 0 Å². The number of hydrogen-bond donors (Lipinski definition) is 1. The molecule has 0 amide bonds. The second-order valence-corrected chi connectivity index (χ2v) is 5.71. The molecular weight excluding hydrogens is 252 g/mol. The highest BCUT2D eigenvalue weighted by Crippen LogP contribution is 2.29. The fraction of sp³-hybridized carbons (Fsp3) is 0.800. The maximum Gasteiger partial charge on any atom is 0.0675 e. The molecule has 1 aliphatic heterocycles. The standard InChI is InChI=1S/C15H28N4O/c1-5-12-10-20-11(3)8-19(12)15(7-16)13-9-18(4)17-14(13)6-2/h9,11-12,15H,5-8,10,16H2,1-4H3. The maximum atomic E-state index is 6.11. The maximum absolute atomic E-state index is 6.11. The van der Waals surface area contributed by atoms with Crippen LogP contribution in [0, 0.1) is 0 Å². The van der Waals surface area contributed by atoms with Crippen LogP contribution in [0.5, 0.6) is 0 Å². The smallest absolute Gasteiger partial charge is 0.0675 e. The molecular formula is C15H28N4O. The van der Waals surface area contributed by atoms with Gasteiger partial charge in [0, 0.05) is 37.9 Å². The Hall–Kier alpha value is -0.910. The second-order valence-electron chi connectivity index (χ2n) is 5.71. The summed E-state index contributed by atoms with van der Waals surface area (Å²) in [7, 11) is 1.98. The van der Waals surface area contributed by atoms with Crippen molar-refractivity contribution in [2.45, 2.75) is 51.8 Å². The third-order valence-corrected chi connectivity index (χ3v) is 4.24. The minimum Gasteiger partial charge on any atom is -0.376 e. The number of nitrogens with two attached hydrogens (primary N) is 1. The lowest BCUT2D eigenvalue weighted by Crippen LogP contribution is -2.51. The van der Waals surface area contributed by atoms with E-state index in [0.29, 0.717) is 12.6 Å². The molecule has 5 heteroatoms. The van der Waals surface area contributed by atoms with Gasteiger partial charge in [-0.3, -0.25) is 9.58 Å². The highest BCUT2D eigenvalue weighted by atomic mass is 16.5. The fourth-order valence-corrected chi connectivity index (χ4v) is 3.15. The van der Waals surface area contributed by atoms with Gasteiger partial charge in [0.1, 0.15) is 0 Å². The molecule has 0 saturated carbocycles. The van der Waals surface area contributed by atoms with Crippen LogP contribution in [0.25, 0.3) is 0 Å². The zero-order valence-corrected chi connectivity index (χ0v) is 13.2. The third-order valence-electron chi connectivity index (χ3n) is 4.24. The summed E-state index contributed by atoms with van der Waals surface area (Å²) in [6, 6.07) is 0.694. The average Bonchev–Trinajstić information content (AvgIpc) is 2.81. The topological polar surface area (TPSA) is 56.3 Å². The van der Waals surface area contributed by atoms with Gasteiger partial charge in [-0.15, -0.1) is 0 Å². The summed E-state index contributed by atoms with van der Waals surface area (Å²) in [5, 5.41) is 4.57. The molecule has 2 N–H and O–H groups in total. The first-order valence-electron chi connectivity index (χ1n) is 7.70. The van der Waals surface area contributed by atoms with E-state index >= 15 is 0 Å². The van der Waals surface area contributed by atoms with Crippen LogP contribution in [-0.2, 0) is 18.2 Å². The Morgan fingerprint density at radius 1 is 1.50 bits per heavy atom.